The molecule has 0 amide bonds. The zero-order chi connectivity index (χ0) is 12.4. The van der Waals surface area contributed by atoms with E-state index in [0.717, 1.165) is 22.4 Å². The molecule has 6 nitrogen and oxygen atoms in total. The summed E-state index contributed by atoms with van der Waals surface area (Å²) < 4.78 is 1.74. The molecule has 3 rings (SSSR count). The lowest BCUT2D eigenvalue weighted by atomic mass is 10.2. The van der Waals surface area contributed by atoms with Crippen molar-refractivity contribution in [1.82, 2.24) is 30.3 Å². The van der Waals surface area contributed by atoms with Crippen molar-refractivity contribution in [2.75, 3.05) is 7.05 Å². The van der Waals surface area contributed by atoms with Crippen LogP contribution in [-0.2, 0) is 6.54 Å². The first-order valence-corrected chi connectivity index (χ1v) is 5.64. The lowest BCUT2D eigenvalue weighted by Crippen LogP contribution is -2.04. The third-order valence-corrected chi connectivity index (χ3v) is 2.62. The first kappa shape index (κ1) is 10.8. The second-order valence-corrected chi connectivity index (χ2v) is 3.91. The summed E-state index contributed by atoms with van der Waals surface area (Å²) >= 11 is 0. The number of benzene rings is 1. The Bertz CT molecular complexity index is 675. The molecule has 0 atom stereocenters. The molecule has 0 aliphatic carbocycles. The summed E-state index contributed by atoms with van der Waals surface area (Å²) in [4.78, 5) is 8.51. The third kappa shape index (κ3) is 1.93. The molecule has 0 aliphatic rings. The van der Waals surface area contributed by atoms with Gasteiger partial charge in [0.25, 0.3) is 0 Å². The molecule has 0 aliphatic heterocycles. The summed E-state index contributed by atoms with van der Waals surface area (Å²) in [6.07, 6.45) is 5.26. The van der Waals surface area contributed by atoms with Gasteiger partial charge in [-0.3, -0.25) is 9.97 Å². The Labute approximate surface area is 104 Å². The second kappa shape index (κ2) is 4.50. The fourth-order valence-electron chi connectivity index (χ4n) is 1.78. The Morgan fingerprint density at radius 3 is 2.83 bits per heavy atom. The molecule has 0 spiro atoms. The van der Waals surface area contributed by atoms with Gasteiger partial charge in [-0.25, -0.2) is 4.68 Å². The molecule has 0 unspecified atom stereocenters. The molecule has 2 aromatic heterocycles. The molecule has 0 saturated carbocycles. The van der Waals surface area contributed by atoms with E-state index in [0.29, 0.717) is 6.54 Å². The molecule has 18 heavy (non-hydrogen) atoms. The molecule has 6 heteroatoms. The van der Waals surface area contributed by atoms with Gasteiger partial charge < -0.3 is 5.32 Å². The number of rotatable bonds is 3. The number of nitrogens with zero attached hydrogens (tertiary/aromatic N) is 5. The van der Waals surface area contributed by atoms with Gasteiger partial charge in [0.05, 0.1) is 28.6 Å². The van der Waals surface area contributed by atoms with Gasteiger partial charge in [0.2, 0.25) is 0 Å². The van der Waals surface area contributed by atoms with Crippen LogP contribution in [0.25, 0.3) is 16.7 Å². The normalized spacial score (nSPS) is 10.9. The van der Waals surface area contributed by atoms with E-state index in [4.69, 9.17) is 0 Å². The monoisotopic (exact) mass is 240 g/mol. The smallest absolute Gasteiger partial charge is 0.0969 e. The largest absolute Gasteiger partial charge is 0.314 e. The quantitative estimate of drug-likeness (QED) is 0.737. The van der Waals surface area contributed by atoms with Crippen LogP contribution < -0.4 is 5.32 Å². The van der Waals surface area contributed by atoms with Gasteiger partial charge in [0.1, 0.15) is 0 Å². The molecule has 1 aromatic carbocycles. The fraction of sp³-hybridized carbons (Fsp3) is 0.167. The van der Waals surface area contributed by atoms with E-state index in [9.17, 15) is 0 Å². The lowest BCUT2D eigenvalue weighted by molar-refractivity contribution is 0.767. The Morgan fingerprint density at radius 1 is 1.17 bits per heavy atom. The van der Waals surface area contributed by atoms with Crippen LogP contribution in [0.1, 0.15) is 5.69 Å². The molecule has 0 bridgehead atoms. The summed E-state index contributed by atoms with van der Waals surface area (Å²) in [5.41, 5.74) is 3.55. The van der Waals surface area contributed by atoms with Crippen molar-refractivity contribution in [3.05, 3.63) is 42.5 Å². The lowest BCUT2D eigenvalue weighted by Gasteiger charge is -2.01. The van der Waals surface area contributed by atoms with E-state index in [-0.39, 0.29) is 0 Å². The number of aromatic nitrogens is 5. The molecular weight excluding hydrogens is 228 g/mol. The molecule has 90 valence electrons. The molecule has 3 aromatic rings. The minimum absolute atomic E-state index is 0.702. The van der Waals surface area contributed by atoms with E-state index in [2.05, 4.69) is 25.6 Å². The fourth-order valence-corrected chi connectivity index (χ4v) is 1.78. The Kier molecular flexibility index (Phi) is 2.70. The first-order chi connectivity index (χ1) is 8.86. The highest BCUT2D eigenvalue weighted by atomic mass is 15.4. The van der Waals surface area contributed by atoms with Crippen molar-refractivity contribution >= 4 is 11.0 Å². The Hall–Kier alpha value is -2.34. The van der Waals surface area contributed by atoms with Crippen LogP contribution >= 0.6 is 0 Å². The number of nitrogens with one attached hydrogen (secondary N) is 1. The summed E-state index contributed by atoms with van der Waals surface area (Å²) in [6.45, 7) is 0.702. The number of hydrogen-bond donors (Lipinski definition) is 1. The average Bonchev–Trinajstić information content (AvgIpc) is 2.87. The van der Waals surface area contributed by atoms with Gasteiger partial charge in [-0.15, -0.1) is 5.10 Å². The van der Waals surface area contributed by atoms with E-state index >= 15 is 0 Å². The number of fused-ring (bicyclic) bond motifs is 1. The highest BCUT2D eigenvalue weighted by molar-refractivity contribution is 5.76. The van der Waals surface area contributed by atoms with Crippen molar-refractivity contribution < 1.29 is 0 Å². The molecule has 2 heterocycles. The highest BCUT2D eigenvalue weighted by Crippen LogP contribution is 2.14. The van der Waals surface area contributed by atoms with Crippen molar-refractivity contribution in [3.63, 3.8) is 0 Å². The second-order valence-electron chi connectivity index (χ2n) is 3.91. The zero-order valence-electron chi connectivity index (χ0n) is 9.91. The minimum Gasteiger partial charge on any atom is -0.314 e. The van der Waals surface area contributed by atoms with Crippen LogP contribution in [0.2, 0.25) is 0 Å². The molecular formula is C12H12N6. The SMILES string of the molecule is CNCc1cn(-c2ccc3nccnc3c2)nn1. The van der Waals surface area contributed by atoms with Crippen molar-refractivity contribution in [2.24, 2.45) is 0 Å². The highest BCUT2D eigenvalue weighted by Gasteiger charge is 2.03. The van der Waals surface area contributed by atoms with E-state index in [1.807, 2.05) is 31.4 Å². The van der Waals surface area contributed by atoms with Gasteiger partial charge in [0, 0.05) is 18.9 Å². The van der Waals surface area contributed by atoms with Crippen molar-refractivity contribution in [3.8, 4) is 5.69 Å². The molecule has 0 saturated heterocycles. The van der Waals surface area contributed by atoms with Gasteiger partial charge in [-0.2, -0.15) is 0 Å². The summed E-state index contributed by atoms with van der Waals surface area (Å²) in [5.74, 6) is 0. The first-order valence-electron chi connectivity index (χ1n) is 5.64. The molecule has 0 radical (unpaired) electrons. The van der Waals surface area contributed by atoms with Gasteiger partial charge in [0.15, 0.2) is 0 Å². The minimum atomic E-state index is 0.702. The third-order valence-electron chi connectivity index (χ3n) is 2.62. The van der Waals surface area contributed by atoms with E-state index in [1.165, 1.54) is 0 Å². The zero-order valence-corrected chi connectivity index (χ0v) is 9.91. The maximum absolute atomic E-state index is 4.27. The maximum Gasteiger partial charge on any atom is 0.0969 e. The number of hydrogen-bond acceptors (Lipinski definition) is 5. The van der Waals surface area contributed by atoms with Gasteiger partial charge >= 0.3 is 0 Å². The van der Waals surface area contributed by atoms with Crippen LogP contribution in [0.3, 0.4) is 0 Å². The predicted octanol–water partition coefficient (Wildman–Crippen LogP) is 0.930. The Morgan fingerprint density at radius 2 is 2.00 bits per heavy atom. The van der Waals surface area contributed by atoms with Crippen molar-refractivity contribution in [2.45, 2.75) is 6.54 Å². The average molecular weight is 240 g/mol. The van der Waals surface area contributed by atoms with Crippen LogP contribution in [-0.4, -0.2) is 32.0 Å². The predicted molar refractivity (Wildman–Crippen MR) is 67.2 cm³/mol. The topological polar surface area (TPSA) is 68.5 Å². The van der Waals surface area contributed by atoms with E-state index in [1.54, 1.807) is 17.1 Å². The summed E-state index contributed by atoms with van der Waals surface area (Å²) in [5, 5.41) is 11.2. The van der Waals surface area contributed by atoms with Crippen molar-refractivity contribution in [1.29, 1.82) is 0 Å². The Balaban J connectivity index is 2.02. The summed E-state index contributed by atoms with van der Waals surface area (Å²) in [7, 11) is 1.88. The summed E-state index contributed by atoms with van der Waals surface area (Å²) in [6, 6.07) is 5.83. The maximum atomic E-state index is 4.27. The molecule has 1 N–H and O–H groups in total. The molecule has 0 fully saturated rings. The van der Waals surface area contributed by atoms with Crippen LogP contribution in [0.15, 0.2) is 36.8 Å². The van der Waals surface area contributed by atoms with Crippen LogP contribution in [0.4, 0.5) is 0 Å². The van der Waals surface area contributed by atoms with Gasteiger partial charge in [-0.1, -0.05) is 5.21 Å². The van der Waals surface area contributed by atoms with Crippen LogP contribution in [0.5, 0.6) is 0 Å². The van der Waals surface area contributed by atoms with E-state index < -0.39 is 0 Å². The van der Waals surface area contributed by atoms with Gasteiger partial charge in [-0.05, 0) is 25.2 Å². The van der Waals surface area contributed by atoms with Crippen LogP contribution in [0, 0.1) is 0 Å². The standard InChI is InChI=1S/C12H12N6/c1-13-7-9-8-18(17-16-9)10-2-3-11-12(6-10)15-5-4-14-11/h2-6,8,13H,7H2,1H3.